The molecule has 0 aromatic carbocycles. The number of carbonyl (C=O) groups is 1. The summed E-state index contributed by atoms with van der Waals surface area (Å²) >= 11 is 0. The predicted molar refractivity (Wildman–Crippen MR) is 75.6 cm³/mol. The molecule has 1 aliphatic carbocycles. The molecule has 5 heteroatoms. The Morgan fingerprint density at radius 3 is 3.00 bits per heavy atom. The van der Waals surface area contributed by atoms with E-state index in [9.17, 15) is 4.79 Å². The van der Waals surface area contributed by atoms with Crippen LogP contribution in [0.2, 0.25) is 0 Å². The SMILES string of the molecule is C[C@@H]1CC[C@@H](Nc2ccn(CCC(N)=O)n2)[C@@H](C)C1. The zero-order chi connectivity index (χ0) is 13.8. The van der Waals surface area contributed by atoms with E-state index in [2.05, 4.69) is 24.3 Å². The van der Waals surface area contributed by atoms with Crippen LogP contribution in [0, 0.1) is 11.8 Å². The molecule has 1 aromatic rings. The zero-order valence-electron chi connectivity index (χ0n) is 11.8. The van der Waals surface area contributed by atoms with Crippen LogP contribution in [-0.4, -0.2) is 21.7 Å². The Balaban J connectivity index is 1.87. The lowest BCUT2D eigenvalue weighted by molar-refractivity contribution is -0.118. The van der Waals surface area contributed by atoms with Crippen LogP contribution < -0.4 is 11.1 Å². The molecule has 0 aliphatic heterocycles. The molecular formula is C14H24N4O. The van der Waals surface area contributed by atoms with Crippen molar-refractivity contribution in [3.05, 3.63) is 12.3 Å². The van der Waals surface area contributed by atoms with Gasteiger partial charge in [0.15, 0.2) is 0 Å². The summed E-state index contributed by atoms with van der Waals surface area (Å²) in [6.07, 6.45) is 5.99. The second kappa shape index (κ2) is 6.08. The summed E-state index contributed by atoms with van der Waals surface area (Å²) < 4.78 is 1.77. The first-order chi connectivity index (χ1) is 9.04. The first-order valence-corrected chi connectivity index (χ1v) is 7.13. The number of nitrogens with zero attached hydrogens (tertiary/aromatic N) is 2. The molecule has 19 heavy (non-hydrogen) atoms. The lowest BCUT2D eigenvalue weighted by Gasteiger charge is -2.33. The monoisotopic (exact) mass is 264 g/mol. The third-order valence-corrected chi connectivity index (χ3v) is 3.99. The van der Waals surface area contributed by atoms with Crippen molar-refractivity contribution in [1.29, 1.82) is 0 Å². The number of hydrogen-bond donors (Lipinski definition) is 2. The Labute approximate surface area is 114 Å². The van der Waals surface area contributed by atoms with Gasteiger partial charge in [0.1, 0.15) is 5.82 Å². The van der Waals surface area contributed by atoms with E-state index >= 15 is 0 Å². The summed E-state index contributed by atoms with van der Waals surface area (Å²) in [6.45, 7) is 5.18. The molecule has 3 atom stereocenters. The van der Waals surface area contributed by atoms with Crippen LogP contribution in [0.1, 0.15) is 39.5 Å². The summed E-state index contributed by atoms with van der Waals surface area (Å²) in [5.41, 5.74) is 5.13. The van der Waals surface area contributed by atoms with Gasteiger partial charge in [0, 0.05) is 31.3 Å². The molecule has 1 heterocycles. The lowest BCUT2D eigenvalue weighted by atomic mass is 9.80. The van der Waals surface area contributed by atoms with E-state index < -0.39 is 0 Å². The number of amides is 1. The van der Waals surface area contributed by atoms with Crippen molar-refractivity contribution < 1.29 is 4.79 Å². The van der Waals surface area contributed by atoms with E-state index in [0.717, 1.165) is 11.7 Å². The minimum absolute atomic E-state index is 0.292. The highest BCUT2D eigenvalue weighted by molar-refractivity contribution is 5.73. The normalized spacial score (nSPS) is 27.2. The van der Waals surface area contributed by atoms with Crippen LogP contribution in [0.4, 0.5) is 5.82 Å². The van der Waals surface area contributed by atoms with Crippen molar-refractivity contribution in [3.63, 3.8) is 0 Å². The smallest absolute Gasteiger partial charge is 0.219 e. The van der Waals surface area contributed by atoms with Gasteiger partial charge in [-0.1, -0.05) is 13.8 Å². The van der Waals surface area contributed by atoms with Crippen molar-refractivity contribution in [2.45, 2.75) is 52.1 Å². The van der Waals surface area contributed by atoms with Crippen LogP contribution in [0.25, 0.3) is 0 Å². The minimum atomic E-state index is -0.292. The number of hydrogen-bond acceptors (Lipinski definition) is 3. The third kappa shape index (κ3) is 3.98. The van der Waals surface area contributed by atoms with Crippen molar-refractivity contribution in [2.24, 2.45) is 17.6 Å². The molecule has 0 spiro atoms. The van der Waals surface area contributed by atoms with Crippen LogP contribution in [0.3, 0.4) is 0 Å². The maximum absolute atomic E-state index is 10.7. The van der Waals surface area contributed by atoms with Crippen LogP contribution in [0.15, 0.2) is 12.3 Å². The molecule has 0 radical (unpaired) electrons. The van der Waals surface area contributed by atoms with Gasteiger partial charge >= 0.3 is 0 Å². The first kappa shape index (κ1) is 13.9. The van der Waals surface area contributed by atoms with E-state index in [1.807, 2.05) is 12.3 Å². The topological polar surface area (TPSA) is 72.9 Å². The van der Waals surface area contributed by atoms with Gasteiger partial charge in [-0.05, 0) is 31.1 Å². The standard InChI is InChI=1S/C14H24N4O/c1-10-3-4-12(11(2)9-10)16-14-6-8-18(17-14)7-5-13(15)19/h6,8,10-12H,3-5,7,9H2,1-2H3,(H2,15,19)(H,16,17)/t10-,11+,12-/m1/s1. The number of aryl methyl sites for hydroxylation is 1. The van der Waals surface area contributed by atoms with Crippen molar-refractivity contribution >= 4 is 11.7 Å². The molecule has 5 nitrogen and oxygen atoms in total. The summed E-state index contributed by atoms with van der Waals surface area (Å²) in [4.78, 5) is 10.7. The Morgan fingerprint density at radius 1 is 1.53 bits per heavy atom. The molecule has 0 saturated heterocycles. The highest BCUT2D eigenvalue weighted by Gasteiger charge is 2.25. The van der Waals surface area contributed by atoms with Gasteiger partial charge in [-0.3, -0.25) is 9.48 Å². The quantitative estimate of drug-likeness (QED) is 0.854. The van der Waals surface area contributed by atoms with Gasteiger partial charge in [-0.15, -0.1) is 0 Å². The van der Waals surface area contributed by atoms with Crippen molar-refractivity contribution in [1.82, 2.24) is 9.78 Å². The minimum Gasteiger partial charge on any atom is -0.370 e. The molecule has 1 aliphatic rings. The lowest BCUT2D eigenvalue weighted by Crippen LogP contribution is -2.33. The van der Waals surface area contributed by atoms with E-state index in [0.29, 0.717) is 24.9 Å². The average Bonchev–Trinajstić information content (AvgIpc) is 2.78. The summed E-state index contributed by atoms with van der Waals surface area (Å²) in [7, 11) is 0. The van der Waals surface area contributed by atoms with Gasteiger partial charge in [-0.2, -0.15) is 5.10 Å². The van der Waals surface area contributed by atoms with Gasteiger partial charge < -0.3 is 11.1 Å². The molecule has 3 N–H and O–H groups in total. The fraction of sp³-hybridized carbons (Fsp3) is 0.714. The maximum Gasteiger partial charge on any atom is 0.219 e. The summed E-state index contributed by atoms with van der Waals surface area (Å²) in [6, 6.07) is 2.47. The Kier molecular flexibility index (Phi) is 4.45. The maximum atomic E-state index is 10.7. The first-order valence-electron chi connectivity index (χ1n) is 7.13. The van der Waals surface area contributed by atoms with Gasteiger partial charge in [0.2, 0.25) is 5.91 Å². The zero-order valence-corrected chi connectivity index (χ0v) is 11.8. The van der Waals surface area contributed by atoms with Crippen LogP contribution in [-0.2, 0) is 11.3 Å². The van der Waals surface area contributed by atoms with Gasteiger partial charge in [-0.25, -0.2) is 0 Å². The summed E-state index contributed by atoms with van der Waals surface area (Å²) in [5.74, 6) is 2.12. The Hall–Kier alpha value is -1.52. The number of primary amides is 1. The second-order valence-corrected chi connectivity index (χ2v) is 5.83. The molecule has 1 amide bonds. The molecule has 2 rings (SSSR count). The summed E-state index contributed by atoms with van der Waals surface area (Å²) in [5, 5.41) is 7.94. The Morgan fingerprint density at radius 2 is 2.32 bits per heavy atom. The van der Waals surface area contributed by atoms with E-state index in [1.165, 1.54) is 19.3 Å². The van der Waals surface area contributed by atoms with E-state index in [4.69, 9.17) is 5.73 Å². The molecule has 106 valence electrons. The highest BCUT2D eigenvalue weighted by Crippen LogP contribution is 2.30. The predicted octanol–water partition coefficient (Wildman–Crippen LogP) is 2.00. The van der Waals surface area contributed by atoms with E-state index in [1.54, 1.807) is 4.68 Å². The van der Waals surface area contributed by atoms with Crippen molar-refractivity contribution in [2.75, 3.05) is 5.32 Å². The molecule has 0 bridgehead atoms. The second-order valence-electron chi connectivity index (χ2n) is 5.83. The highest BCUT2D eigenvalue weighted by atomic mass is 16.1. The van der Waals surface area contributed by atoms with Gasteiger partial charge in [0.25, 0.3) is 0 Å². The fourth-order valence-corrected chi connectivity index (χ4v) is 2.86. The molecule has 1 fully saturated rings. The third-order valence-electron chi connectivity index (χ3n) is 3.99. The number of anilines is 1. The van der Waals surface area contributed by atoms with Crippen LogP contribution in [0.5, 0.6) is 0 Å². The van der Waals surface area contributed by atoms with Crippen LogP contribution >= 0.6 is 0 Å². The number of nitrogens with two attached hydrogens (primary N) is 1. The molecule has 1 saturated carbocycles. The number of nitrogens with one attached hydrogen (secondary N) is 1. The molecule has 0 unspecified atom stereocenters. The number of rotatable bonds is 5. The molecule has 1 aromatic heterocycles. The largest absolute Gasteiger partial charge is 0.370 e. The average molecular weight is 264 g/mol. The fourth-order valence-electron chi connectivity index (χ4n) is 2.86. The Bertz CT molecular complexity index is 429. The number of aromatic nitrogens is 2. The van der Waals surface area contributed by atoms with Gasteiger partial charge in [0.05, 0.1) is 0 Å². The number of carbonyl (C=O) groups excluding carboxylic acids is 1. The van der Waals surface area contributed by atoms with E-state index in [-0.39, 0.29) is 5.91 Å². The molecular weight excluding hydrogens is 240 g/mol. The van der Waals surface area contributed by atoms with Crippen molar-refractivity contribution in [3.8, 4) is 0 Å².